The monoisotopic (exact) mass is 321 g/mol. The van der Waals surface area contributed by atoms with Crippen LogP contribution in [0.1, 0.15) is 30.2 Å². The Hall–Kier alpha value is -1.62. The van der Waals surface area contributed by atoms with Crippen LogP contribution < -0.4 is 5.32 Å². The maximum atomic E-state index is 12.2. The van der Waals surface area contributed by atoms with E-state index in [0.29, 0.717) is 5.56 Å². The number of rotatable bonds is 4. The number of ketones is 1. The van der Waals surface area contributed by atoms with Gasteiger partial charge in [-0.25, -0.2) is 4.98 Å². The molecule has 0 aliphatic heterocycles. The number of carbonyl (C=O) groups excluding carboxylic acids is 1. The van der Waals surface area contributed by atoms with E-state index in [4.69, 9.17) is 0 Å². The molecule has 2 aromatic heterocycles. The third kappa shape index (κ3) is 2.71. The van der Waals surface area contributed by atoms with Crippen molar-refractivity contribution in [1.29, 1.82) is 0 Å². The van der Waals surface area contributed by atoms with Crippen molar-refractivity contribution < 1.29 is 4.79 Å². The molecule has 0 aromatic carbocycles. The van der Waals surface area contributed by atoms with E-state index in [1.165, 1.54) is 6.08 Å². The smallest absolute Gasteiger partial charge is 0.189 e. The molecule has 19 heavy (non-hydrogen) atoms. The number of pyridine rings is 1. The van der Waals surface area contributed by atoms with Gasteiger partial charge in [0.05, 0.1) is 11.7 Å². The zero-order valence-corrected chi connectivity index (χ0v) is 12.7. The highest BCUT2D eigenvalue weighted by Gasteiger charge is 2.15. The first kappa shape index (κ1) is 13.8. The van der Waals surface area contributed by atoms with Crippen LogP contribution in [0.3, 0.4) is 0 Å². The standard InChI is InChI=1S/C14H16BrN3O/c1-9(2)18-8-11(13(19)4-5-16-3)10-6-14(15)17-7-12(10)18/h4-9,16H,1-3H3/b5-4+. The van der Waals surface area contributed by atoms with Gasteiger partial charge in [0.1, 0.15) is 4.60 Å². The van der Waals surface area contributed by atoms with Gasteiger partial charge in [0, 0.05) is 42.5 Å². The summed E-state index contributed by atoms with van der Waals surface area (Å²) in [7, 11) is 1.77. The second-order valence-electron chi connectivity index (χ2n) is 4.55. The first-order valence-corrected chi connectivity index (χ1v) is 6.88. The number of allylic oxidation sites excluding steroid dienone is 1. The molecule has 0 bridgehead atoms. The molecule has 0 saturated heterocycles. The van der Waals surface area contributed by atoms with Crippen molar-refractivity contribution in [2.75, 3.05) is 7.05 Å². The van der Waals surface area contributed by atoms with Crippen molar-refractivity contribution in [2.24, 2.45) is 0 Å². The lowest BCUT2D eigenvalue weighted by Gasteiger charge is -2.08. The van der Waals surface area contributed by atoms with E-state index in [1.807, 2.05) is 12.3 Å². The maximum absolute atomic E-state index is 12.2. The van der Waals surface area contributed by atoms with Gasteiger partial charge < -0.3 is 9.88 Å². The zero-order valence-electron chi connectivity index (χ0n) is 11.1. The minimum Gasteiger partial charge on any atom is -0.394 e. The van der Waals surface area contributed by atoms with Gasteiger partial charge in [0.2, 0.25) is 0 Å². The predicted molar refractivity (Wildman–Crippen MR) is 80.3 cm³/mol. The normalized spacial score (nSPS) is 11.6. The lowest BCUT2D eigenvalue weighted by Crippen LogP contribution is -2.00. The summed E-state index contributed by atoms with van der Waals surface area (Å²) >= 11 is 3.35. The van der Waals surface area contributed by atoms with E-state index in [1.54, 1.807) is 19.4 Å². The predicted octanol–water partition coefficient (Wildman–Crippen LogP) is 3.30. The molecule has 0 aliphatic rings. The molecule has 0 fully saturated rings. The van der Waals surface area contributed by atoms with Crippen LogP contribution in [0.4, 0.5) is 0 Å². The van der Waals surface area contributed by atoms with E-state index in [0.717, 1.165) is 15.5 Å². The first-order valence-electron chi connectivity index (χ1n) is 6.09. The topological polar surface area (TPSA) is 46.9 Å². The van der Waals surface area contributed by atoms with Gasteiger partial charge in [-0.2, -0.15) is 0 Å². The summed E-state index contributed by atoms with van der Waals surface area (Å²) in [4.78, 5) is 16.4. The van der Waals surface area contributed by atoms with Crippen LogP contribution in [0, 0.1) is 0 Å². The highest BCUT2D eigenvalue weighted by molar-refractivity contribution is 9.10. The summed E-state index contributed by atoms with van der Waals surface area (Å²) in [6.07, 6.45) is 6.86. The van der Waals surface area contributed by atoms with Crippen molar-refractivity contribution >= 4 is 32.6 Å². The highest BCUT2D eigenvalue weighted by Crippen LogP contribution is 2.26. The summed E-state index contributed by atoms with van der Waals surface area (Å²) in [6.45, 7) is 4.17. The molecule has 0 unspecified atom stereocenters. The molecule has 2 heterocycles. The molecule has 0 atom stereocenters. The third-order valence-corrected chi connectivity index (χ3v) is 3.34. The number of hydrogen-bond donors (Lipinski definition) is 1. The molecular weight excluding hydrogens is 306 g/mol. The molecule has 4 nitrogen and oxygen atoms in total. The van der Waals surface area contributed by atoms with E-state index < -0.39 is 0 Å². The number of fused-ring (bicyclic) bond motifs is 1. The third-order valence-electron chi connectivity index (χ3n) is 2.91. The largest absolute Gasteiger partial charge is 0.394 e. The molecule has 0 aliphatic carbocycles. The number of halogens is 1. The number of hydrogen-bond acceptors (Lipinski definition) is 3. The van der Waals surface area contributed by atoms with E-state index in [2.05, 4.69) is 44.6 Å². The molecule has 5 heteroatoms. The quantitative estimate of drug-likeness (QED) is 0.534. The van der Waals surface area contributed by atoms with E-state index in [9.17, 15) is 4.79 Å². The van der Waals surface area contributed by atoms with Crippen LogP contribution in [0.25, 0.3) is 10.9 Å². The molecule has 0 amide bonds. The Morgan fingerprint density at radius 3 is 2.89 bits per heavy atom. The molecule has 0 radical (unpaired) electrons. The Labute approximate surface area is 120 Å². The Balaban J connectivity index is 2.63. The molecule has 1 N–H and O–H groups in total. The number of nitrogens with zero attached hydrogens (tertiary/aromatic N) is 2. The molecule has 2 rings (SSSR count). The van der Waals surface area contributed by atoms with Gasteiger partial charge in [0.15, 0.2) is 5.78 Å². The number of aromatic nitrogens is 2. The van der Waals surface area contributed by atoms with E-state index >= 15 is 0 Å². The molecular formula is C14H16BrN3O. The lowest BCUT2D eigenvalue weighted by atomic mass is 10.1. The summed E-state index contributed by atoms with van der Waals surface area (Å²) in [5, 5.41) is 3.75. The second-order valence-corrected chi connectivity index (χ2v) is 5.37. The van der Waals surface area contributed by atoms with Gasteiger partial charge in [0.25, 0.3) is 0 Å². The average Bonchev–Trinajstić information content (AvgIpc) is 2.74. The summed E-state index contributed by atoms with van der Waals surface area (Å²) < 4.78 is 2.79. The molecule has 100 valence electrons. The second kappa shape index (κ2) is 5.57. The highest BCUT2D eigenvalue weighted by atomic mass is 79.9. The summed E-state index contributed by atoms with van der Waals surface area (Å²) in [5.41, 5.74) is 1.66. The molecule has 2 aromatic rings. The minimum absolute atomic E-state index is 0.0168. The van der Waals surface area contributed by atoms with Crippen LogP contribution in [0.15, 0.2) is 35.3 Å². The van der Waals surface area contributed by atoms with E-state index in [-0.39, 0.29) is 11.8 Å². The summed E-state index contributed by atoms with van der Waals surface area (Å²) in [5.74, 6) is -0.0168. The van der Waals surface area contributed by atoms with Crippen molar-refractivity contribution in [3.05, 3.63) is 40.9 Å². The van der Waals surface area contributed by atoms with Crippen molar-refractivity contribution in [1.82, 2.24) is 14.9 Å². The summed E-state index contributed by atoms with van der Waals surface area (Å²) in [6, 6.07) is 2.16. The van der Waals surface area contributed by atoms with Gasteiger partial charge >= 0.3 is 0 Å². The Morgan fingerprint density at radius 2 is 2.26 bits per heavy atom. The minimum atomic E-state index is -0.0168. The Morgan fingerprint density at radius 1 is 1.53 bits per heavy atom. The Kier molecular flexibility index (Phi) is 4.04. The fourth-order valence-corrected chi connectivity index (χ4v) is 2.33. The fourth-order valence-electron chi connectivity index (χ4n) is 1.99. The van der Waals surface area contributed by atoms with Crippen molar-refractivity contribution in [3.8, 4) is 0 Å². The van der Waals surface area contributed by atoms with Crippen LogP contribution in [0.2, 0.25) is 0 Å². The Bertz CT molecular complexity index is 643. The molecule has 0 spiro atoms. The van der Waals surface area contributed by atoms with Crippen LogP contribution >= 0.6 is 15.9 Å². The zero-order chi connectivity index (χ0) is 14.0. The van der Waals surface area contributed by atoms with Crippen LogP contribution in [0.5, 0.6) is 0 Å². The van der Waals surface area contributed by atoms with Crippen LogP contribution in [-0.4, -0.2) is 22.4 Å². The van der Waals surface area contributed by atoms with Crippen LogP contribution in [-0.2, 0) is 0 Å². The fraction of sp³-hybridized carbons (Fsp3) is 0.286. The average molecular weight is 322 g/mol. The van der Waals surface area contributed by atoms with Gasteiger partial charge in [-0.1, -0.05) is 0 Å². The van der Waals surface area contributed by atoms with Crippen molar-refractivity contribution in [3.63, 3.8) is 0 Å². The SMILES string of the molecule is CN/C=C/C(=O)c1cn(C(C)C)c2cnc(Br)cc12. The molecule has 0 saturated carbocycles. The van der Waals surface area contributed by atoms with Gasteiger partial charge in [-0.05, 0) is 35.8 Å². The van der Waals surface area contributed by atoms with Gasteiger partial charge in [-0.15, -0.1) is 0 Å². The van der Waals surface area contributed by atoms with Gasteiger partial charge in [-0.3, -0.25) is 4.79 Å². The first-order chi connectivity index (χ1) is 9.04. The maximum Gasteiger partial charge on any atom is 0.189 e. The van der Waals surface area contributed by atoms with Crippen molar-refractivity contribution in [2.45, 2.75) is 19.9 Å². The lowest BCUT2D eigenvalue weighted by molar-refractivity contribution is 0.104. The number of carbonyl (C=O) groups is 1. The number of nitrogens with one attached hydrogen (secondary N) is 1.